The molecule has 6 nitrogen and oxygen atoms in total. The van der Waals surface area contributed by atoms with Gasteiger partial charge in [0.15, 0.2) is 0 Å². The van der Waals surface area contributed by atoms with Crippen molar-refractivity contribution in [3.63, 3.8) is 0 Å². The van der Waals surface area contributed by atoms with Crippen LogP contribution in [0.5, 0.6) is 0 Å². The van der Waals surface area contributed by atoms with E-state index in [1.54, 1.807) is 6.92 Å². The van der Waals surface area contributed by atoms with Crippen LogP contribution in [0.2, 0.25) is 0 Å². The number of carbonyl (C=O) groups is 1. The normalized spacial score (nSPS) is 14.5. The summed E-state index contributed by atoms with van der Waals surface area (Å²) in [5, 5.41) is 6.28. The second kappa shape index (κ2) is 9.50. The van der Waals surface area contributed by atoms with Gasteiger partial charge in [0.25, 0.3) is 5.56 Å². The van der Waals surface area contributed by atoms with E-state index in [9.17, 15) is 9.59 Å². The van der Waals surface area contributed by atoms with E-state index in [1.165, 1.54) is 6.07 Å². The third kappa shape index (κ3) is 5.68. The topological polar surface area (TPSA) is 86.9 Å². The summed E-state index contributed by atoms with van der Waals surface area (Å²) >= 11 is 0. The summed E-state index contributed by atoms with van der Waals surface area (Å²) in [6, 6.07) is 8.82. The number of hydrogen-bond acceptors (Lipinski definition) is 4. The number of amides is 1. The third-order valence-corrected chi connectivity index (χ3v) is 4.55. The fourth-order valence-corrected chi connectivity index (χ4v) is 3.16. The number of piperidine rings is 1. The molecule has 3 rings (SSSR count). The molecule has 0 aliphatic carbocycles. The zero-order valence-corrected chi connectivity index (χ0v) is 15.7. The Balaban J connectivity index is 0.00000243. The van der Waals surface area contributed by atoms with E-state index in [-0.39, 0.29) is 23.9 Å². The van der Waals surface area contributed by atoms with Gasteiger partial charge < -0.3 is 15.6 Å². The van der Waals surface area contributed by atoms with Crippen molar-refractivity contribution in [3.8, 4) is 11.4 Å². The summed E-state index contributed by atoms with van der Waals surface area (Å²) in [4.78, 5) is 30.7. The van der Waals surface area contributed by atoms with Gasteiger partial charge in [-0.1, -0.05) is 0 Å². The van der Waals surface area contributed by atoms with Crippen LogP contribution in [0.3, 0.4) is 0 Å². The predicted octanol–water partition coefficient (Wildman–Crippen LogP) is 2.89. The van der Waals surface area contributed by atoms with Crippen molar-refractivity contribution in [1.82, 2.24) is 15.3 Å². The van der Waals surface area contributed by atoms with Gasteiger partial charge in [-0.2, -0.15) is 0 Å². The number of rotatable bonds is 5. The van der Waals surface area contributed by atoms with Crippen molar-refractivity contribution < 1.29 is 4.79 Å². The van der Waals surface area contributed by atoms with E-state index in [0.29, 0.717) is 23.9 Å². The van der Waals surface area contributed by atoms with Gasteiger partial charge in [0.2, 0.25) is 5.91 Å². The molecule has 0 spiro atoms. The number of benzene rings is 1. The Labute approximate surface area is 159 Å². The van der Waals surface area contributed by atoms with Crippen LogP contribution in [0.15, 0.2) is 35.1 Å². The van der Waals surface area contributed by atoms with E-state index in [1.807, 2.05) is 24.3 Å². The summed E-state index contributed by atoms with van der Waals surface area (Å²) in [5.41, 5.74) is 2.08. The molecule has 1 aliphatic rings. The van der Waals surface area contributed by atoms with Gasteiger partial charge in [-0.05, 0) is 69.5 Å². The Morgan fingerprint density at radius 1 is 1.23 bits per heavy atom. The predicted molar refractivity (Wildman–Crippen MR) is 106 cm³/mol. The van der Waals surface area contributed by atoms with Gasteiger partial charge in [0.1, 0.15) is 5.82 Å². The lowest BCUT2D eigenvalue weighted by Gasteiger charge is -2.22. The third-order valence-electron chi connectivity index (χ3n) is 4.55. The first-order chi connectivity index (χ1) is 12.1. The average Bonchev–Trinajstić information content (AvgIpc) is 2.61. The number of anilines is 1. The van der Waals surface area contributed by atoms with Gasteiger partial charge in [0, 0.05) is 29.4 Å². The molecule has 0 atom stereocenters. The maximum atomic E-state index is 12.1. The first-order valence-corrected chi connectivity index (χ1v) is 8.79. The summed E-state index contributed by atoms with van der Waals surface area (Å²) < 4.78 is 0. The number of aryl methyl sites for hydroxylation is 1. The number of halogens is 1. The van der Waals surface area contributed by atoms with E-state index in [0.717, 1.165) is 43.6 Å². The van der Waals surface area contributed by atoms with Crippen molar-refractivity contribution >= 4 is 24.0 Å². The number of aromatic nitrogens is 2. The highest BCUT2D eigenvalue weighted by molar-refractivity contribution is 5.90. The molecular weight excluding hydrogens is 352 g/mol. The highest BCUT2D eigenvalue weighted by atomic mass is 35.5. The minimum Gasteiger partial charge on any atom is -0.326 e. The molecule has 1 aromatic heterocycles. The number of hydrogen-bond donors (Lipinski definition) is 3. The molecule has 0 radical (unpaired) electrons. The molecule has 2 heterocycles. The molecule has 1 aromatic carbocycles. The molecule has 0 bridgehead atoms. The first kappa shape index (κ1) is 20.1. The largest absolute Gasteiger partial charge is 0.326 e. The first-order valence-electron chi connectivity index (χ1n) is 8.79. The minimum atomic E-state index is -0.169. The Kier molecular flexibility index (Phi) is 7.36. The van der Waals surface area contributed by atoms with E-state index >= 15 is 0 Å². The van der Waals surface area contributed by atoms with Gasteiger partial charge in [-0.25, -0.2) is 4.98 Å². The molecule has 0 saturated carbocycles. The van der Waals surface area contributed by atoms with Crippen LogP contribution in [0.4, 0.5) is 5.69 Å². The molecule has 140 valence electrons. The second-order valence-corrected chi connectivity index (χ2v) is 6.59. The van der Waals surface area contributed by atoms with Crippen LogP contribution in [-0.2, 0) is 4.79 Å². The Bertz CT molecular complexity index is 783. The van der Waals surface area contributed by atoms with Crippen molar-refractivity contribution in [1.29, 1.82) is 0 Å². The van der Waals surface area contributed by atoms with Crippen molar-refractivity contribution in [2.45, 2.75) is 32.6 Å². The molecule has 1 fully saturated rings. The van der Waals surface area contributed by atoms with Crippen LogP contribution in [-0.4, -0.2) is 29.0 Å². The molecule has 0 unspecified atom stereocenters. The van der Waals surface area contributed by atoms with E-state index in [4.69, 9.17) is 0 Å². The fraction of sp³-hybridized carbons (Fsp3) is 0.421. The van der Waals surface area contributed by atoms with Crippen LogP contribution in [0.25, 0.3) is 11.4 Å². The van der Waals surface area contributed by atoms with Crippen molar-refractivity contribution in [3.05, 3.63) is 46.4 Å². The minimum absolute atomic E-state index is 0. The lowest BCUT2D eigenvalue weighted by Crippen LogP contribution is -2.28. The average molecular weight is 377 g/mol. The van der Waals surface area contributed by atoms with E-state index in [2.05, 4.69) is 20.6 Å². The number of H-pyrrole nitrogens is 1. The molecule has 3 N–H and O–H groups in total. The van der Waals surface area contributed by atoms with Gasteiger partial charge in [0.05, 0.1) is 0 Å². The SMILES string of the molecule is Cc1cc(=O)[nH]c(-c2ccc(NC(=O)CCC3CCNCC3)cc2)n1.Cl. The highest BCUT2D eigenvalue weighted by Crippen LogP contribution is 2.20. The van der Waals surface area contributed by atoms with Crippen molar-refractivity contribution in [2.75, 3.05) is 18.4 Å². The van der Waals surface area contributed by atoms with Crippen LogP contribution in [0, 0.1) is 12.8 Å². The Morgan fingerprint density at radius 3 is 2.58 bits per heavy atom. The molecule has 1 aliphatic heterocycles. The molecule has 1 saturated heterocycles. The van der Waals surface area contributed by atoms with E-state index < -0.39 is 0 Å². The Morgan fingerprint density at radius 2 is 1.92 bits per heavy atom. The molecule has 7 heteroatoms. The smallest absolute Gasteiger partial charge is 0.251 e. The quantitative estimate of drug-likeness (QED) is 0.748. The molecule has 1 amide bonds. The molecule has 26 heavy (non-hydrogen) atoms. The van der Waals surface area contributed by atoms with Gasteiger partial charge in [-0.3, -0.25) is 9.59 Å². The maximum absolute atomic E-state index is 12.1. The van der Waals surface area contributed by atoms with Crippen LogP contribution < -0.4 is 16.2 Å². The summed E-state index contributed by atoms with van der Waals surface area (Å²) in [6.07, 6.45) is 3.81. The monoisotopic (exact) mass is 376 g/mol. The lowest BCUT2D eigenvalue weighted by atomic mass is 9.93. The van der Waals surface area contributed by atoms with Crippen LogP contribution in [0.1, 0.15) is 31.4 Å². The summed E-state index contributed by atoms with van der Waals surface area (Å²) in [7, 11) is 0. The highest BCUT2D eigenvalue weighted by Gasteiger charge is 2.14. The van der Waals surface area contributed by atoms with Gasteiger partial charge in [-0.15, -0.1) is 12.4 Å². The fourth-order valence-electron chi connectivity index (χ4n) is 3.16. The standard InChI is InChI=1S/C19H24N4O2.ClH/c1-13-12-18(25)23-19(21-13)15-3-5-16(6-4-15)22-17(24)7-2-14-8-10-20-11-9-14;/h3-6,12,14,20H,2,7-11H2,1H3,(H,22,24)(H,21,23,25);1H. The maximum Gasteiger partial charge on any atom is 0.251 e. The number of nitrogens with one attached hydrogen (secondary N) is 3. The number of nitrogens with zero attached hydrogens (tertiary/aromatic N) is 1. The van der Waals surface area contributed by atoms with Crippen LogP contribution >= 0.6 is 12.4 Å². The Hall–Kier alpha value is -2.18. The van der Waals surface area contributed by atoms with Gasteiger partial charge >= 0.3 is 0 Å². The zero-order chi connectivity index (χ0) is 17.6. The number of carbonyl (C=O) groups excluding carboxylic acids is 1. The zero-order valence-electron chi connectivity index (χ0n) is 14.9. The lowest BCUT2D eigenvalue weighted by molar-refractivity contribution is -0.116. The molecule has 2 aromatic rings. The van der Waals surface area contributed by atoms with Crippen molar-refractivity contribution in [2.24, 2.45) is 5.92 Å². The second-order valence-electron chi connectivity index (χ2n) is 6.59. The summed E-state index contributed by atoms with van der Waals surface area (Å²) in [6.45, 7) is 3.90. The molecular formula is C19H25ClN4O2. The number of aromatic amines is 1. The summed E-state index contributed by atoms with van der Waals surface area (Å²) in [5.74, 6) is 1.24.